The maximum atomic E-state index is 4.57. The SMILES string of the molecule is CCC1=NCCC2CCCCN12. The van der Waals surface area contributed by atoms with E-state index in [4.69, 9.17) is 0 Å². The van der Waals surface area contributed by atoms with Crippen molar-refractivity contribution in [1.29, 1.82) is 0 Å². The first kappa shape index (κ1) is 8.09. The maximum absolute atomic E-state index is 4.57. The van der Waals surface area contributed by atoms with Gasteiger partial charge in [0, 0.05) is 25.6 Å². The molecule has 1 unspecified atom stereocenters. The summed E-state index contributed by atoms with van der Waals surface area (Å²) in [7, 11) is 0. The first-order valence-electron chi connectivity index (χ1n) is 5.22. The van der Waals surface area contributed by atoms with E-state index in [1.807, 2.05) is 0 Å². The molecule has 0 amide bonds. The fourth-order valence-electron chi connectivity index (χ4n) is 2.39. The summed E-state index contributed by atoms with van der Waals surface area (Å²) in [5.41, 5.74) is 0. The van der Waals surface area contributed by atoms with Gasteiger partial charge in [-0.3, -0.25) is 4.99 Å². The monoisotopic (exact) mass is 166 g/mol. The van der Waals surface area contributed by atoms with E-state index in [1.54, 1.807) is 0 Å². The summed E-state index contributed by atoms with van der Waals surface area (Å²) in [6, 6.07) is 0.839. The molecule has 1 saturated heterocycles. The van der Waals surface area contributed by atoms with Crippen molar-refractivity contribution in [2.75, 3.05) is 13.1 Å². The van der Waals surface area contributed by atoms with E-state index < -0.39 is 0 Å². The van der Waals surface area contributed by atoms with Gasteiger partial charge in [-0.15, -0.1) is 0 Å². The number of aliphatic imine (C=N–C) groups is 1. The third kappa shape index (κ3) is 1.35. The average molecular weight is 166 g/mol. The average Bonchev–Trinajstić information content (AvgIpc) is 2.17. The second-order valence-electron chi connectivity index (χ2n) is 3.78. The van der Waals surface area contributed by atoms with Gasteiger partial charge < -0.3 is 4.90 Å². The number of fused-ring (bicyclic) bond motifs is 1. The number of amidine groups is 1. The second-order valence-corrected chi connectivity index (χ2v) is 3.78. The third-order valence-corrected chi connectivity index (χ3v) is 3.03. The van der Waals surface area contributed by atoms with Crippen LogP contribution in [-0.4, -0.2) is 29.9 Å². The van der Waals surface area contributed by atoms with Crippen molar-refractivity contribution >= 4 is 5.84 Å². The van der Waals surface area contributed by atoms with E-state index in [0.717, 1.165) is 19.0 Å². The zero-order chi connectivity index (χ0) is 8.39. The van der Waals surface area contributed by atoms with Crippen molar-refractivity contribution in [2.24, 2.45) is 4.99 Å². The van der Waals surface area contributed by atoms with Gasteiger partial charge in [-0.1, -0.05) is 6.92 Å². The lowest BCUT2D eigenvalue weighted by molar-refractivity contribution is 0.217. The Kier molecular flexibility index (Phi) is 2.33. The highest BCUT2D eigenvalue weighted by Gasteiger charge is 2.26. The Morgan fingerprint density at radius 1 is 1.42 bits per heavy atom. The lowest BCUT2D eigenvalue weighted by Gasteiger charge is -2.40. The highest BCUT2D eigenvalue weighted by molar-refractivity contribution is 5.83. The van der Waals surface area contributed by atoms with E-state index >= 15 is 0 Å². The number of nitrogens with zero attached hydrogens (tertiary/aromatic N) is 2. The van der Waals surface area contributed by atoms with Crippen molar-refractivity contribution in [3.8, 4) is 0 Å². The molecular formula is C10H18N2. The van der Waals surface area contributed by atoms with Crippen LogP contribution in [0.1, 0.15) is 39.0 Å². The molecule has 0 aromatic heterocycles. The number of rotatable bonds is 1. The first-order chi connectivity index (χ1) is 5.92. The molecule has 2 aliphatic heterocycles. The second kappa shape index (κ2) is 3.46. The molecule has 0 aliphatic carbocycles. The van der Waals surface area contributed by atoms with Crippen LogP contribution in [-0.2, 0) is 0 Å². The molecule has 0 bridgehead atoms. The molecule has 2 rings (SSSR count). The van der Waals surface area contributed by atoms with Crippen LogP contribution in [0.3, 0.4) is 0 Å². The molecule has 1 atom stereocenters. The number of piperidine rings is 1. The third-order valence-electron chi connectivity index (χ3n) is 3.03. The molecular weight excluding hydrogens is 148 g/mol. The van der Waals surface area contributed by atoms with Crippen molar-refractivity contribution in [2.45, 2.75) is 45.1 Å². The predicted octanol–water partition coefficient (Wildman–Crippen LogP) is 2.05. The standard InChI is InChI=1S/C10H18N2/c1-2-10-11-7-6-9-5-3-4-8-12(9)10/h9H,2-8H2,1H3. The van der Waals surface area contributed by atoms with E-state index in [1.165, 1.54) is 38.1 Å². The van der Waals surface area contributed by atoms with Crippen LogP contribution in [0.5, 0.6) is 0 Å². The Morgan fingerprint density at radius 2 is 2.33 bits per heavy atom. The van der Waals surface area contributed by atoms with Crippen LogP contribution >= 0.6 is 0 Å². The molecule has 0 saturated carbocycles. The van der Waals surface area contributed by atoms with E-state index in [9.17, 15) is 0 Å². The van der Waals surface area contributed by atoms with Crippen LogP contribution in [0.15, 0.2) is 4.99 Å². The zero-order valence-electron chi connectivity index (χ0n) is 7.92. The minimum atomic E-state index is 0.839. The summed E-state index contributed by atoms with van der Waals surface area (Å²) >= 11 is 0. The van der Waals surface area contributed by atoms with E-state index in [0.29, 0.717) is 0 Å². The van der Waals surface area contributed by atoms with Crippen LogP contribution in [0.2, 0.25) is 0 Å². The van der Waals surface area contributed by atoms with E-state index in [2.05, 4.69) is 16.8 Å². The lowest BCUT2D eigenvalue weighted by Crippen LogP contribution is -2.46. The smallest absolute Gasteiger partial charge is 0.0988 e. The quantitative estimate of drug-likeness (QED) is 0.582. The van der Waals surface area contributed by atoms with Crippen LogP contribution in [0.25, 0.3) is 0 Å². The summed E-state index contributed by atoms with van der Waals surface area (Å²) in [5.74, 6) is 1.37. The Labute approximate surface area is 74.7 Å². The Bertz CT molecular complexity index is 186. The van der Waals surface area contributed by atoms with Gasteiger partial charge in [0.15, 0.2) is 0 Å². The fourth-order valence-corrected chi connectivity index (χ4v) is 2.39. The molecule has 0 aromatic carbocycles. The van der Waals surface area contributed by atoms with Gasteiger partial charge in [0.05, 0.1) is 5.84 Å². The molecule has 2 aliphatic rings. The van der Waals surface area contributed by atoms with Crippen LogP contribution in [0.4, 0.5) is 0 Å². The highest BCUT2D eigenvalue weighted by atomic mass is 15.2. The van der Waals surface area contributed by atoms with Gasteiger partial charge in [-0.2, -0.15) is 0 Å². The molecule has 2 nitrogen and oxygen atoms in total. The Hall–Kier alpha value is -0.530. The fraction of sp³-hybridized carbons (Fsp3) is 0.900. The summed E-state index contributed by atoms with van der Waals surface area (Å²) in [6.45, 7) is 4.55. The minimum Gasteiger partial charge on any atom is -0.357 e. The van der Waals surface area contributed by atoms with Gasteiger partial charge in [0.2, 0.25) is 0 Å². The van der Waals surface area contributed by atoms with Crippen molar-refractivity contribution < 1.29 is 0 Å². The molecule has 0 N–H and O–H groups in total. The summed E-state index contributed by atoms with van der Waals surface area (Å²) < 4.78 is 0. The van der Waals surface area contributed by atoms with Gasteiger partial charge in [-0.25, -0.2) is 0 Å². The van der Waals surface area contributed by atoms with Crippen LogP contribution < -0.4 is 0 Å². The van der Waals surface area contributed by atoms with Gasteiger partial charge in [-0.05, 0) is 25.7 Å². The first-order valence-corrected chi connectivity index (χ1v) is 5.22. The number of hydrogen-bond donors (Lipinski definition) is 0. The summed E-state index contributed by atoms with van der Waals surface area (Å²) in [5, 5.41) is 0. The topological polar surface area (TPSA) is 15.6 Å². The summed E-state index contributed by atoms with van der Waals surface area (Å²) in [4.78, 5) is 7.12. The van der Waals surface area contributed by atoms with Crippen molar-refractivity contribution in [3.63, 3.8) is 0 Å². The van der Waals surface area contributed by atoms with Crippen molar-refractivity contribution in [1.82, 2.24) is 4.90 Å². The summed E-state index contributed by atoms with van der Waals surface area (Å²) in [6.07, 6.45) is 6.62. The molecule has 0 aromatic rings. The molecule has 0 spiro atoms. The Morgan fingerprint density at radius 3 is 3.17 bits per heavy atom. The van der Waals surface area contributed by atoms with Gasteiger partial charge in [0.25, 0.3) is 0 Å². The number of hydrogen-bond acceptors (Lipinski definition) is 2. The van der Waals surface area contributed by atoms with Gasteiger partial charge in [0.1, 0.15) is 0 Å². The zero-order valence-corrected chi connectivity index (χ0v) is 7.92. The predicted molar refractivity (Wildman–Crippen MR) is 51.6 cm³/mol. The maximum Gasteiger partial charge on any atom is 0.0988 e. The van der Waals surface area contributed by atoms with Gasteiger partial charge >= 0.3 is 0 Å². The van der Waals surface area contributed by atoms with Crippen LogP contribution in [0, 0.1) is 0 Å². The molecule has 2 heteroatoms. The molecule has 1 fully saturated rings. The molecule has 2 heterocycles. The highest BCUT2D eigenvalue weighted by Crippen LogP contribution is 2.23. The van der Waals surface area contributed by atoms with Crippen molar-refractivity contribution in [3.05, 3.63) is 0 Å². The minimum absolute atomic E-state index is 0.839. The lowest BCUT2D eigenvalue weighted by atomic mass is 9.97. The Balaban J connectivity index is 2.09. The largest absolute Gasteiger partial charge is 0.357 e. The molecule has 68 valence electrons. The van der Waals surface area contributed by atoms with E-state index in [-0.39, 0.29) is 0 Å². The normalized spacial score (nSPS) is 29.6. The molecule has 12 heavy (non-hydrogen) atoms. The molecule has 0 radical (unpaired) electrons.